The van der Waals surface area contributed by atoms with Crippen LogP contribution in [0.25, 0.3) is 0 Å². The second kappa shape index (κ2) is 5.85. The van der Waals surface area contributed by atoms with Gasteiger partial charge in [0.25, 0.3) is 0 Å². The average Bonchev–Trinajstić information content (AvgIpc) is 2.37. The molecule has 0 bridgehead atoms. The van der Waals surface area contributed by atoms with Crippen LogP contribution >= 0.6 is 11.6 Å². The molecule has 0 spiro atoms. The van der Waals surface area contributed by atoms with Crippen molar-refractivity contribution in [1.82, 2.24) is 0 Å². The zero-order valence-electron chi connectivity index (χ0n) is 10.6. The minimum absolute atomic E-state index is 0.0150. The normalized spacial score (nSPS) is 12.5. The van der Waals surface area contributed by atoms with E-state index in [1.165, 1.54) is 0 Å². The molecule has 0 aliphatic heterocycles. The second-order valence-electron chi connectivity index (χ2n) is 4.60. The Morgan fingerprint density at radius 2 is 1.70 bits per heavy atom. The van der Waals surface area contributed by atoms with Crippen LogP contribution in [-0.2, 0) is 6.42 Å². The summed E-state index contributed by atoms with van der Waals surface area (Å²) >= 11 is 6.02. The van der Waals surface area contributed by atoms with Gasteiger partial charge in [-0.05, 0) is 30.2 Å². The van der Waals surface area contributed by atoms with Gasteiger partial charge in [-0.3, -0.25) is 0 Å². The lowest BCUT2D eigenvalue weighted by Crippen LogP contribution is -2.06. The van der Waals surface area contributed by atoms with Gasteiger partial charge in [0.1, 0.15) is 5.82 Å². The monoisotopic (exact) mass is 300 g/mol. The molecule has 0 fully saturated rings. The zero-order chi connectivity index (χ0) is 14.9. The molecule has 20 heavy (non-hydrogen) atoms. The minimum Gasteiger partial charge on any atom is -0.388 e. The highest BCUT2D eigenvalue weighted by Crippen LogP contribution is 2.27. The molecule has 0 saturated carbocycles. The van der Waals surface area contributed by atoms with Gasteiger partial charge in [0, 0.05) is 23.1 Å². The van der Waals surface area contributed by atoms with Crippen molar-refractivity contribution in [3.8, 4) is 0 Å². The first-order chi connectivity index (χ1) is 9.38. The highest BCUT2D eigenvalue weighted by atomic mass is 35.5. The van der Waals surface area contributed by atoms with Crippen molar-refractivity contribution < 1.29 is 18.3 Å². The Morgan fingerprint density at radius 1 is 1.05 bits per heavy atom. The van der Waals surface area contributed by atoms with E-state index in [9.17, 15) is 18.3 Å². The fraction of sp³-hybridized carbons (Fsp3) is 0.200. The molecule has 0 heterocycles. The number of aryl methyl sites for hydroxylation is 1. The van der Waals surface area contributed by atoms with Gasteiger partial charge in [0.2, 0.25) is 0 Å². The van der Waals surface area contributed by atoms with Crippen LogP contribution in [0, 0.1) is 24.4 Å². The van der Waals surface area contributed by atoms with Crippen LogP contribution in [0.4, 0.5) is 13.2 Å². The molecule has 0 aromatic heterocycles. The molecular formula is C15H12ClF3O. The number of halogens is 4. The van der Waals surface area contributed by atoms with E-state index in [1.54, 1.807) is 18.2 Å². The lowest BCUT2D eigenvalue weighted by atomic mass is 10.00. The van der Waals surface area contributed by atoms with E-state index in [1.807, 2.05) is 6.92 Å². The molecule has 1 unspecified atom stereocenters. The lowest BCUT2D eigenvalue weighted by molar-refractivity contribution is 0.172. The van der Waals surface area contributed by atoms with Crippen molar-refractivity contribution >= 4 is 11.6 Å². The molecule has 0 amide bonds. The van der Waals surface area contributed by atoms with Crippen molar-refractivity contribution in [2.45, 2.75) is 19.4 Å². The number of hydrogen-bond acceptors (Lipinski definition) is 1. The fourth-order valence-corrected chi connectivity index (χ4v) is 2.24. The van der Waals surface area contributed by atoms with Gasteiger partial charge in [0.05, 0.1) is 6.10 Å². The Hall–Kier alpha value is -1.52. The highest BCUT2D eigenvalue weighted by Gasteiger charge is 2.18. The third-order valence-corrected chi connectivity index (χ3v) is 3.37. The topological polar surface area (TPSA) is 20.2 Å². The van der Waals surface area contributed by atoms with Crippen LogP contribution in [0.5, 0.6) is 0 Å². The van der Waals surface area contributed by atoms with Crippen molar-refractivity contribution in [2.24, 2.45) is 0 Å². The summed E-state index contributed by atoms with van der Waals surface area (Å²) in [4.78, 5) is 0. The number of hydrogen-bond donors (Lipinski definition) is 1. The Bertz CT molecular complexity index is 643. The van der Waals surface area contributed by atoms with E-state index in [0.717, 1.165) is 5.56 Å². The Morgan fingerprint density at radius 3 is 2.35 bits per heavy atom. The second-order valence-corrected chi connectivity index (χ2v) is 5.01. The van der Waals surface area contributed by atoms with Gasteiger partial charge in [0.15, 0.2) is 11.6 Å². The number of aliphatic hydroxyl groups excluding tert-OH is 1. The summed E-state index contributed by atoms with van der Waals surface area (Å²) < 4.78 is 39.5. The van der Waals surface area contributed by atoms with E-state index in [0.29, 0.717) is 22.7 Å². The third kappa shape index (κ3) is 3.14. The number of rotatable bonds is 3. The molecule has 2 rings (SSSR count). The molecule has 2 aromatic carbocycles. The molecule has 1 N–H and O–H groups in total. The summed E-state index contributed by atoms with van der Waals surface area (Å²) in [5.74, 6) is -3.47. The van der Waals surface area contributed by atoms with Crippen LogP contribution < -0.4 is 0 Å². The van der Waals surface area contributed by atoms with Gasteiger partial charge in [-0.1, -0.05) is 23.7 Å². The van der Waals surface area contributed by atoms with Gasteiger partial charge < -0.3 is 5.11 Å². The summed E-state index contributed by atoms with van der Waals surface area (Å²) in [7, 11) is 0. The Balaban J connectivity index is 2.28. The van der Waals surface area contributed by atoms with Gasteiger partial charge >= 0.3 is 0 Å². The first-order valence-corrected chi connectivity index (χ1v) is 6.34. The van der Waals surface area contributed by atoms with E-state index in [4.69, 9.17) is 11.6 Å². The molecule has 0 aliphatic carbocycles. The first-order valence-electron chi connectivity index (χ1n) is 5.96. The van der Waals surface area contributed by atoms with Gasteiger partial charge in [-0.2, -0.15) is 0 Å². The summed E-state index contributed by atoms with van der Waals surface area (Å²) in [6.45, 7) is 1.86. The van der Waals surface area contributed by atoms with E-state index >= 15 is 0 Å². The maximum atomic E-state index is 13.5. The molecule has 2 aromatic rings. The van der Waals surface area contributed by atoms with Crippen LogP contribution in [0.2, 0.25) is 5.02 Å². The van der Waals surface area contributed by atoms with E-state index in [2.05, 4.69) is 0 Å². The summed E-state index contributed by atoms with van der Waals surface area (Å²) in [5, 5.41) is 10.4. The number of benzene rings is 2. The van der Waals surface area contributed by atoms with Crippen molar-refractivity contribution in [1.29, 1.82) is 0 Å². The maximum absolute atomic E-state index is 13.5. The van der Waals surface area contributed by atoms with Crippen LogP contribution in [-0.4, -0.2) is 5.11 Å². The van der Waals surface area contributed by atoms with Crippen molar-refractivity contribution in [3.63, 3.8) is 0 Å². The van der Waals surface area contributed by atoms with Crippen molar-refractivity contribution in [3.05, 3.63) is 69.5 Å². The Labute approximate surface area is 119 Å². The van der Waals surface area contributed by atoms with E-state index in [-0.39, 0.29) is 12.0 Å². The molecule has 106 valence electrons. The average molecular weight is 301 g/mol. The largest absolute Gasteiger partial charge is 0.388 e. The van der Waals surface area contributed by atoms with Crippen molar-refractivity contribution in [2.75, 3.05) is 0 Å². The minimum atomic E-state index is -1.30. The van der Waals surface area contributed by atoms with Gasteiger partial charge in [-0.15, -0.1) is 0 Å². The molecule has 0 saturated heterocycles. The first kappa shape index (κ1) is 14.9. The smallest absolute Gasteiger partial charge is 0.161 e. The molecule has 0 aliphatic rings. The van der Waals surface area contributed by atoms with Crippen LogP contribution in [0.15, 0.2) is 30.3 Å². The maximum Gasteiger partial charge on any atom is 0.161 e. The number of aliphatic hydroxyl groups is 1. The fourth-order valence-electron chi connectivity index (χ4n) is 1.93. The summed E-state index contributed by atoms with van der Waals surface area (Å²) in [6, 6.07) is 6.31. The lowest BCUT2D eigenvalue weighted by Gasteiger charge is -2.14. The predicted octanol–water partition coefficient (Wildman–Crippen LogP) is 4.34. The molecule has 1 atom stereocenters. The predicted molar refractivity (Wildman–Crippen MR) is 71.2 cm³/mol. The molecule has 5 heteroatoms. The van der Waals surface area contributed by atoms with Crippen LogP contribution in [0.1, 0.15) is 22.8 Å². The quantitative estimate of drug-likeness (QED) is 0.836. The third-order valence-electron chi connectivity index (χ3n) is 3.02. The molecule has 1 nitrogen and oxygen atoms in total. The summed E-state index contributed by atoms with van der Waals surface area (Å²) in [5.41, 5.74) is 1.27. The summed E-state index contributed by atoms with van der Waals surface area (Å²) in [6.07, 6.45) is -1.29. The van der Waals surface area contributed by atoms with E-state index < -0.39 is 23.6 Å². The molecule has 0 radical (unpaired) electrons. The SMILES string of the molecule is Cc1ccc(CC(O)c2cc(F)c(F)cc2F)c(Cl)c1. The standard InChI is InChI=1S/C15H12ClF3O/c1-8-2-3-9(11(16)4-8)5-15(20)10-6-13(18)14(19)7-12(10)17/h2-4,6-7,15,20H,5H2,1H3. The molecular weight excluding hydrogens is 289 g/mol. The Kier molecular flexibility index (Phi) is 4.35. The zero-order valence-corrected chi connectivity index (χ0v) is 11.4. The highest BCUT2D eigenvalue weighted by molar-refractivity contribution is 6.31. The van der Waals surface area contributed by atoms with Gasteiger partial charge in [-0.25, -0.2) is 13.2 Å². The van der Waals surface area contributed by atoms with Crippen LogP contribution in [0.3, 0.4) is 0 Å².